The first-order chi connectivity index (χ1) is 9.72. The van der Waals surface area contributed by atoms with Crippen molar-refractivity contribution in [3.8, 4) is 0 Å². The smallest absolute Gasteiger partial charge is 0.326 e. The molecule has 1 aromatic rings. The predicted octanol–water partition coefficient (Wildman–Crippen LogP) is 2.35. The molecule has 0 aromatic heterocycles. The topological polar surface area (TPSA) is 116 Å². The molecule has 1 rings (SSSR count). The summed E-state index contributed by atoms with van der Waals surface area (Å²) >= 11 is 11.9. The van der Waals surface area contributed by atoms with Gasteiger partial charge in [-0.15, -0.1) is 0 Å². The van der Waals surface area contributed by atoms with Crippen molar-refractivity contribution in [3.63, 3.8) is 0 Å². The number of anilines is 1. The number of carboxylic acids is 2. The zero-order valence-corrected chi connectivity index (χ0v) is 12.3. The van der Waals surface area contributed by atoms with E-state index in [9.17, 15) is 14.4 Å². The average molecular weight is 335 g/mol. The van der Waals surface area contributed by atoms with Gasteiger partial charge in [0.1, 0.15) is 6.04 Å². The van der Waals surface area contributed by atoms with Gasteiger partial charge in [-0.1, -0.05) is 29.3 Å². The third-order valence-electron chi connectivity index (χ3n) is 2.50. The van der Waals surface area contributed by atoms with Gasteiger partial charge in [0.2, 0.25) is 0 Å². The van der Waals surface area contributed by atoms with Crippen molar-refractivity contribution >= 4 is 46.9 Å². The van der Waals surface area contributed by atoms with Gasteiger partial charge in [-0.3, -0.25) is 4.79 Å². The number of rotatable bonds is 5. The molecule has 0 aliphatic carbocycles. The highest BCUT2D eigenvalue weighted by atomic mass is 35.5. The summed E-state index contributed by atoms with van der Waals surface area (Å²) in [4.78, 5) is 33.1. The van der Waals surface area contributed by atoms with Crippen LogP contribution in [-0.2, 0) is 9.59 Å². The molecule has 0 saturated heterocycles. The van der Waals surface area contributed by atoms with Gasteiger partial charge in [0.05, 0.1) is 22.2 Å². The normalized spacial score (nSPS) is 11.6. The largest absolute Gasteiger partial charge is 0.481 e. The Hall–Kier alpha value is -1.99. The second-order valence-electron chi connectivity index (χ2n) is 4.14. The highest BCUT2D eigenvalue weighted by Crippen LogP contribution is 2.32. The number of urea groups is 1. The van der Waals surface area contributed by atoms with Crippen LogP contribution in [0.25, 0.3) is 0 Å². The lowest BCUT2D eigenvalue weighted by atomic mass is 10.2. The highest BCUT2D eigenvalue weighted by Gasteiger charge is 2.23. The van der Waals surface area contributed by atoms with Crippen LogP contribution in [0.1, 0.15) is 12.0 Å². The minimum Gasteiger partial charge on any atom is -0.481 e. The number of aryl methyl sites for hydroxylation is 1. The van der Waals surface area contributed by atoms with E-state index in [1.165, 1.54) is 6.07 Å². The van der Waals surface area contributed by atoms with Gasteiger partial charge < -0.3 is 20.8 Å². The first-order valence-electron chi connectivity index (χ1n) is 5.69. The molecule has 4 N–H and O–H groups in total. The van der Waals surface area contributed by atoms with Crippen molar-refractivity contribution < 1.29 is 24.6 Å². The highest BCUT2D eigenvalue weighted by molar-refractivity contribution is 6.40. The molecule has 7 nitrogen and oxygen atoms in total. The molecular formula is C12H12Cl2N2O5. The number of carbonyl (C=O) groups is 3. The summed E-state index contributed by atoms with van der Waals surface area (Å²) in [6, 6.07) is 0.686. The lowest BCUT2D eigenvalue weighted by Gasteiger charge is -2.15. The molecule has 0 spiro atoms. The molecule has 9 heteroatoms. The molecule has 1 atom stereocenters. The van der Waals surface area contributed by atoms with Crippen LogP contribution in [0.2, 0.25) is 10.0 Å². The summed E-state index contributed by atoms with van der Waals surface area (Å²) in [6.07, 6.45) is -0.752. The fourth-order valence-corrected chi connectivity index (χ4v) is 1.92. The maximum Gasteiger partial charge on any atom is 0.326 e. The third kappa shape index (κ3) is 4.80. The zero-order valence-electron chi connectivity index (χ0n) is 10.8. The Bertz CT molecular complexity index is 591. The molecule has 0 aliphatic heterocycles. The first-order valence-corrected chi connectivity index (χ1v) is 6.44. The Morgan fingerprint density at radius 2 is 1.86 bits per heavy atom. The molecule has 0 heterocycles. The van der Waals surface area contributed by atoms with E-state index in [1.54, 1.807) is 13.0 Å². The first kappa shape index (κ1) is 17.1. The van der Waals surface area contributed by atoms with Crippen LogP contribution >= 0.6 is 23.2 Å². The fourth-order valence-electron chi connectivity index (χ4n) is 1.45. The van der Waals surface area contributed by atoms with E-state index in [0.717, 1.165) is 0 Å². The minimum absolute atomic E-state index is 0.121. The van der Waals surface area contributed by atoms with E-state index in [0.29, 0.717) is 5.56 Å². The van der Waals surface area contributed by atoms with Crippen molar-refractivity contribution in [1.29, 1.82) is 0 Å². The Morgan fingerprint density at radius 1 is 1.24 bits per heavy atom. The van der Waals surface area contributed by atoms with E-state index >= 15 is 0 Å². The van der Waals surface area contributed by atoms with Crippen molar-refractivity contribution in [2.45, 2.75) is 19.4 Å². The standard InChI is InChI=1S/C12H12Cl2N2O5/c1-5-2-3-6(13)10(9(5)14)16-12(21)15-7(11(19)20)4-8(17)18/h2-3,7H,4H2,1H3,(H,17,18)(H,19,20)(H2,15,16,21)/t7-/m1/s1. The fraction of sp³-hybridized carbons (Fsp3) is 0.250. The van der Waals surface area contributed by atoms with E-state index in [1.807, 2.05) is 5.32 Å². The summed E-state index contributed by atoms with van der Waals surface area (Å²) in [6.45, 7) is 1.70. The summed E-state index contributed by atoms with van der Waals surface area (Å²) in [5.74, 6) is -2.82. The second kappa shape index (κ2) is 7.14. The summed E-state index contributed by atoms with van der Waals surface area (Å²) in [5, 5.41) is 22.1. The number of halogens is 2. The summed E-state index contributed by atoms with van der Waals surface area (Å²) < 4.78 is 0. The molecule has 0 radical (unpaired) electrons. The van der Waals surface area contributed by atoms with Crippen LogP contribution in [0.3, 0.4) is 0 Å². The van der Waals surface area contributed by atoms with Crippen LogP contribution in [-0.4, -0.2) is 34.2 Å². The van der Waals surface area contributed by atoms with Crippen molar-refractivity contribution in [3.05, 3.63) is 27.7 Å². The van der Waals surface area contributed by atoms with Crippen LogP contribution in [0.15, 0.2) is 12.1 Å². The van der Waals surface area contributed by atoms with Crippen LogP contribution in [0, 0.1) is 6.92 Å². The summed E-state index contributed by atoms with van der Waals surface area (Å²) in [7, 11) is 0. The van der Waals surface area contributed by atoms with Gasteiger partial charge >= 0.3 is 18.0 Å². The van der Waals surface area contributed by atoms with Crippen LogP contribution < -0.4 is 10.6 Å². The lowest BCUT2D eigenvalue weighted by Crippen LogP contribution is -2.44. The molecule has 0 saturated carbocycles. The van der Waals surface area contributed by atoms with Gasteiger partial charge in [-0.2, -0.15) is 0 Å². The Kier molecular flexibility index (Phi) is 5.80. The number of hydrogen-bond acceptors (Lipinski definition) is 3. The molecular weight excluding hydrogens is 323 g/mol. The monoisotopic (exact) mass is 334 g/mol. The van der Waals surface area contributed by atoms with Gasteiger partial charge in [0.15, 0.2) is 0 Å². The van der Waals surface area contributed by atoms with E-state index < -0.39 is 30.4 Å². The molecule has 21 heavy (non-hydrogen) atoms. The Morgan fingerprint density at radius 3 is 2.38 bits per heavy atom. The molecule has 114 valence electrons. The predicted molar refractivity (Wildman–Crippen MR) is 77.0 cm³/mol. The molecule has 0 aliphatic rings. The van der Waals surface area contributed by atoms with Crippen LogP contribution in [0.4, 0.5) is 10.5 Å². The van der Waals surface area contributed by atoms with Gasteiger partial charge in [-0.05, 0) is 18.6 Å². The van der Waals surface area contributed by atoms with E-state index in [-0.39, 0.29) is 15.7 Å². The van der Waals surface area contributed by atoms with Gasteiger partial charge in [0, 0.05) is 0 Å². The minimum atomic E-state index is -1.56. The van der Waals surface area contributed by atoms with Gasteiger partial charge in [-0.25, -0.2) is 9.59 Å². The zero-order chi connectivity index (χ0) is 16.2. The number of carbonyl (C=O) groups excluding carboxylic acids is 1. The number of aliphatic carboxylic acids is 2. The van der Waals surface area contributed by atoms with Crippen LogP contribution in [0.5, 0.6) is 0 Å². The number of benzene rings is 1. The molecule has 0 fully saturated rings. The van der Waals surface area contributed by atoms with Gasteiger partial charge in [0.25, 0.3) is 0 Å². The number of hydrogen-bond donors (Lipinski definition) is 4. The molecule has 2 amide bonds. The second-order valence-corrected chi connectivity index (χ2v) is 4.93. The van der Waals surface area contributed by atoms with Crippen molar-refractivity contribution in [2.75, 3.05) is 5.32 Å². The number of amides is 2. The molecule has 0 bridgehead atoms. The van der Waals surface area contributed by atoms with E-state index in [4.69, 9.17) is 33.4 Å². The maximum atomic E-state index is 11.7. The van der Waals surface area contributed by atoms with Crippen molar-refractivity contribution in [2.24, 2.45) is 0 Å². The average Bonchev–Trinajstić information content (AvgIpc) is 2.38. The molecule has 0 unspecified atom stereocenters. The van der Waals surface area contributed by atoms with Crippen molar-refractivity contribution in [1.82, 2.24) is 5.32 Å². The Balaban J connectivity index is 2.84. The third-order valence-corrected chi connectivity index (χ3v) is 3.31. The molecule has 1 aromatic carbocycles. The number of nitrogens with one attached hydrogen (secondary N) is 2. The quantitative estimate of drug-likeness (QED) is 0.659. The summed E-state index contributed by atoms with van der Waals surface area (Å²) in [5.41, 5.74) is 0.784. The number of carboxylic acid groups (broad SMARTS) is 2. The lowest BCUT2D eigenvalue weighted by molar-refractivity contribution is -0.145. The van der Waals surface area contributed by atoms with E-state index in [2.05, 4.69) is 5.32 Å². The SMILES string of the molecule is Cc1ccc(Cl)c(NC(=O)N[C@H](CC(=O)O)C(=O)O)c1Cl. The maximum absolute atomic E-state index is 11.7. The Labute approximate surface area is 129 Å².